The molecule has 0 N–H and O–H groups in total. The average molecular weight is 277 g/mol. The van der Waals surface area contributed by atoms with Gasteiger partial charge in [-0.2, -0.15) is 5.10 Å². The quantitative estimate of drug-likeness (QED) is 0.481. The number of nitrogens with zero attached hydrogens (tertiary/aromatic N) is 3. The standard InChI is InChI=1S/C12H11N3O5/c1-14-7-9(6-13-14)20-11-5-8(12(16)19-2)3-4-10(11)15(17)18/h3-7H,1-2H3. The molecule has 1 heterocycles. The molecule has 2 rings (SSSR count). The van der Waals surface area contributed by atoms with E-state index in [-0.39, 0.29) is 17.0 Å². The summed E-state index contributed by atoms with van der Waals surface area (Å²) in [4.78, 5) is 21.8. The molecule has 2 aromatic rings. The van der Waals surface area contributed by atoms with Crippen LogP contribution in [0.3, 0.4) is 0 Å². The van der Waals surface area contributed by atoms with Crippen LogP contribution in [0.1, 0.15) is 10.4 Å². The van der Waals surface area contributed by atoms with Crippen LogP contribution < -0.4 is 4.74 Å². The lowest BCUT2D eigenvalue weighted by atomic mass is 10.2. The summed E-state index contributed by atoms with van der Waals surface area (Å²) in [6.07, 6.45) is 2.96. The van der Waals surface area contributed by atoms with Crippen LogP contribution in [0.2, 0.25) is 0 Å². The van der Waals surface area contributed by atoms with E-state index in [4.69, 9.17) is 4.74 Å². The van der Waals surface area contributed by atoms with E-state index in [1.807, 2.05) is 0 Å². The van der Waals surface area contributed by atoms with Crippen molar-refractivity contribution >= 4 is 11.7 Å². The second-order valence-electron chi connectivity index (χ2n) is 3.88. The Morgan fingerprint density at radius 2 is 2.20 bits per heavy atom. The molecule has 0 atom stereocenters. The normalized spacial score (nSPS) is 10.1. The van der Waals surface area contributed by atoms with Gasteiger partial charge in [0.25, 0.3) is 0 Å². The Kier molecular flexibility index (Phi) is 3.65. The monoisotopic (exact) mass is 277 g/mol. The minimum absolute atomic E-state index is 0.0501. The summed E-state index contributed by atoms with van der Waals surface area (Å²) in [5.41, 5.74) is -0.0847. The van der Waals surface area contributed by atoms with Crippen molar-refractivity contribution in [1.29, 1.82) is 0 Å². The molecule has 8 heteroatoms. The Bertz CT molecular complexity index is 665. The molecule has 0 bridgehead atoms. The van der Waals surface area contributed by atoms with Gasteiger partial charge in [0.15, 0.2) is 5.75 Å². The van der Waals surface area contributed by atoms with Crippen molar-refractivity contribution in [2.75, 3.05) is 7.11 Å². The number of methoxy groups -OCH3 is 1. The predicted molar refractivity (Wildman–Crippen MR) is 67.7 cm³/mol. The molecular weight excluding hydrogens is 266 g/mol. The van der Waals surface area contributed by atoms with Gasteiger partial charge in [-0.05, 0) is 6.07 Å². The lowest BCUT2D eigenvalue weighted by Gasteiger charge is -2.05. The van der Waals surface area contributed by atoms with Gasteiger partial charge in [-0.3, -0.25) is 14.8 Å². The molecule has 1 aromatic carbocycles. The Balaban J connectivity index is 2.41. The van der Waals surface area contributed by atoms with Gasteiger partial charge in [0.2, 0.25) is 5.75 Å². The molecule has 0 spiro atoms. The minimum Gasteiger partial charge on any atom is -0.465 e. The van der Waals surface area contributed by atoms with Gasteiger partial charge in [-0.25, -0.2) is 4.79 Å². The molecule has 104 valence electrons. The van der Waals surface area contributed by atoms with Gasteiger partial charge in [0.1, 0.15) is 0 Å². The van der Waals surface area contributed by atoms with Crippen LogP contribution in [0.4, 0.5) is 5.69 Å². The lowest BCUT2D eigenvalue weighted by Crippen LogP contribution is -2.02. The first-order chi connectivity index (χ1) is 9.51. The SMILES string of the molecule is COC(=O)c1ccc([N+](=O)[O-])c(Oc2cnn(C)c2)c1. The highest BCUT2D eigenvalue weighted by molar-refractivity contribution is 5.90. The zero-order valence-electron chi connectivity index (χ0n) is 10.8. The van der Waals surface area contributed by atoms with Crippen LogP contribution in [0, 0.1) is 10.1 Å². The summed E-state index contributed by atoms with van der Waals surface area (Å²) < 4.78 is 11.5. The predicted octanol–water partition coefficient (Wildman–Crippen LogP) is 1.91. The van der Waals surface area contributed by atoms with Crippen molar-refractivity contribution < 1.29 is 19.2 Å². The fourth-order valence-electron chi connectivity index (χ4n) is 1.57. The lowest BCUT2D eigenvalue weighted by molar-refractivity contribution is -0.385. The number of nitro groups is 1. The van der Waals surface area contributed by atoms with E-state index in [1.165, 1.54) is 36.2 Å². The summed E-state index contributed by atoms with van der Waals surface area (Å²) in [5, 5.41) is 14.8. The van der Waals surface area contributed by atoms with Crippen molar-refractivity contribution in [3.8, 4) is 11.5 Å². The molecule has 0 saturated carbocycles. The number of nitro benzene ring substituents is 1. The first-order valence-corrected chi connectivity index (χ1v) is 5.54. The number of carbonyl (C=O) groups excluding carboxylic acids is 1. The number of ether oxygens (including phenoxy) is 2. The van der Waals surface area contributed by atoms with Crippen molar-refractivity contribution in [2.24, 2.45) is 7.05 Å². The first-order valence-electron chi connectivity index (χ1n) is 5.54. The van der Waals surface area contributed by atoms with E-state index in [0.717, 1.165) is 0 Å². The van der Waals surface area contributed by atoms with Crippen LogP contribution in [0.25, 0.3) is 0 Å². The van der Waals surface area contributed by atoms with E-state index in [2.05, 4.69) is 9.84 Å². The number of hydrogen-bond donors (Lipinski definition) is 0. The van der Waals surface area contributed by atoms with Gasteiger partial charge in [0.05, 0.1) is 30.0 Å². The fourth-order valence-corrected chi connectivity index (χ4v) is 1.57. The number of benzene rings is 1. The summed E-state index contributed by atoms with van der Waals surface area (Å²) in [5.74, 6) is -0.320. The largest absolute Gasteiger partial charge is 0.465 e. The summed E-state index contributed by atoms with van der Waals surface area (Å²) >= 11 is 0. The molecule has 0 aliphatic heterocycles. The summed E-state index contributed by atoms with van der Waals surface area (Å²) in [7, 11) is 2.91. The van der Waals surface area contributed by atoms with Gasteiger partial charge < -0.3 is 9.47 Å². The van der Waals surface area contributed by atoms with Gasteiger partial charge >= 0.3 is 11.7 Å². The molecule has 0 aliphatic rings. The van der Waals surface area contributed by atoms with Gasteiger partial charge in [0, 0.05) is 19.2 Å². The van der Waals surface area contributed by atoms with Crippen molar-refractivity contribution in [1.82, 2.24) is 9.78 Å². The maximum Gasteiger partial charge on any atom is 0.337 e. The molecule has 0 unspecified atom stereocenters. The molecule has 1 aromatic heterocycles. The third-order valence-electron chi connectivity index (χ3n) is 2.49. The maximum absolute atomic E-state index is 11.4. The Hall–Kier alpha value is -2.90. The minimum atomic E-state index is -0.601. The number of aryl methyl sites for hydroxylation is 1. The van der Waals surface area contributed by atoms with E-state index in [1.54, 1.807) is 13.2 Å². The molecule has 0 radical (unpaired) electrons. The van der Waals surface area contributed by atoms with Gasteiger partial charge in [-0.15, -0.1) is 0 Å². The molecule has 20 heavy (non-hydrogen) atoms. The zero-order chi connectivity index (χ0) is 14.7. The van der Waals surface area contributed by atoms with E-state index >= 15 is 0 Å². The van der Waals surface area contributed by atoms with Crippen molar-refractivity contribution in [3.63, 3.8) is 0 Å². The summed E-state index contributed by atoms with van der Waals surface area (Å²) in [6, 6.07) is 3.76. The second-order valence-corrected chi connectivity index (χ2v) is 3.88. The highest BCUT2D eigenvalue weighted by Crippen LogP contribution is 2.32. The highest BCUT2D eigenvalue weighted by atomic mass is 16.6. The zero-order valence-corrected chi connectivity index (χ0v) is 10.8. The molecule has 0 amide bonds. The molecule has 0 saturated heterocycles. The van der Waals surface area contributed by atoms with Crippen LogP contribution >= 0.6 is 0 Å². The first kappa shape index (κ1) is 13.5. The van der Waals surface area contributed by atoms with E-state index in [9.17, 15) is 14.9 Å². The van der Waals surface area contributed by atoms with E-state index in [0.29, 0.717) is 5.75 Å². The number of hydrogen-bond acceptors (Lipinski definition) is 6. The topological polar surface area (TPSA) is 96.5 Å². The molecule has 0 aliphatic carbocycles. The highest BCUT2D eigenvalue weighted by Gasteiger charge is 2.19. The third-order valence-corrected chi connectivity index (χ3v) is 2.49. The van der Waals surface area contributed by atoms with Gasteiger partial charge in [-0.1, -0.05) is 0 Å². The summed E-state index contributed by atoms with van der Waals surface area (Å²) in [6.45, 7) is 0. The molecule has 0 fully saturated rings. The van der Waals surface area contributed by atoms with E-state index < -0.39 is 10.9 Å². The maximum atomic E-state index is 11.4. The fraction of sp³-hybridized carbons (Fsp3) is 0.167. The third kappa shape index (κ3) is 2.74. The van der Waals surface area contributed by atoms with Crippen molar-refractivity contribution in [3.05, 3.63) is 46.3 Å². The Morgan fingerprint density at radius 3 is 2.75 bits per heavy atom. The number of aromatic nitrogens is 2. The number of carbonyl (C=O) groups is 1. The van der Waals surface area contributed by atoms with Crippen LogP contribution in [-0.2, 0) is 11.8 Å². The number of esters is 1. The number of rotatable bonds is 4. The Morgan fingerprint density at radius 1 is 1.45 bits per heavy atom. The smallest absolute Gasteiger partial charge is 0.337 e. The molecular formula is C12H11N3O5. The van der Waals surface area contributed by atoms with Crippen LogP contribution in [0.15, 0.2) is 30.6 Å². The van der Waals surface area contributed by atoms with Crippen molar-refractivity contribution in [2.45, 2.75) is 0 Å². The Labute approximate surface area is 113 Å². The average Bonchev–Trinajstić information content (AvgIpc) is 2.82. The van der Waals surface area contributed by atoms with Crippen LogP contribution in [-0.4, -0.2) is 27.8 Å². The second kappa shape index (κ2) is 5.39. The molecule has 8 nitrogen and oxygen atoms in total. The van der Waals surface area contributed by atoms with Crippen LogP contribution in [0.5, 0.6) is 11.5 Å².